The largest absolute Gasteiger partial charge is 0.493 e. The Bertz CT molecular complexity index is 1070. The van der Waals surface area contributed by atoms with Crippen LogP contribution in [0.3, 0.4) is 0 Å². The summed E-state index contributed by atoms with van der Waals surface area (Å²) in [5.41, 5.74) is 3.69. The molecule has 0 aliphatic heterocycles. The molecule has 1 amide bonds. The fourth-order valence-corrected chi connectivity index (χ4v) is 3.73. The third kappa shape index (κ3) is 4.82. The SMILES string of the molecule is COc1ccc(CCNC(=O)/C=C(\C)c2c(C)oc3ccc(Br)cc23)cc1OC. The number of fused-ring (bicyclic) bond motifs is 1. The Balaban J connectivity index is 1.67. The summed E-state index contributed by atoms with van der Waals surface area (Å²) in [4.78, 5) is 12.4. The van der Waals surface area contributed by atoms with E-state index >= 15 is 0 Å². The number of hydrogen-bond acceptors (Lipinski definition) is 4. The van der Waals surface area contributed by atoms with Crippen molar-refractivity contribution in [2.24, 2.45) is 0 Å². The molecule has 0 spiro atoms. The van der Waals surface area contributed by atoms with Gasteiger partial charge in [-0.15, -0.1) is 0 Å². The molecule has 0 radical (unpaired) electrons. The number of allylic oxidation sites excluding steroid dienone is 1. The second-order valence-corrected chi connectivity index (χ2v) is 7.65. The smallest absolute Gasteiger partial charge is 0.244 e. The number of carbonyl (C=O) groups is 1. The fraction of sp³-hybridized carbons (Fsp3) is 0.261. The number of ether oxygens (including phenoxy) is 2. The van der Waals surface area contributed by atoms with E-state index in [-0.39, 0.29) is 5.91 Å². The van der Waals surface area contributed by atoms with E-state index in [1.54, 1.807) is 20.3 Å². The van der Waals surface area contributed by atoms with E-state index in [2.05, 4.69) is 21.2 Å². The maximum absolute atomic E-state index is 12.4. The number of furan rings is 1. The zero-order valence-electron chi connectivity index (χ0n) is 17.0. The van der Waals surface area contributed by atoms with Crippen LogP contribution in [0.25, 0.3) is 16.5 Å². The number of rotatable bonds is 7. The van der Waals surface area contributed by atoms with Gasteiger partial charge in [0.25, 0.3) is 0 Å². The van der Waals surface area contributed by atoms with Gasteiger partial charge in [0.2, 0.25) is 5.91 Å². The summed E-state index contributed by atoms with van der Waals surface area (Å²) >= 11 is 3.49. The molecule has 0 aliphatic carbocycles. The minimum absolute atomic E-state index is 0.133. The molecule has 0 saturated heterocycles. The predicted octanol–water partition coefficient (Wildman–Crippen LogP) is 5.28. The molecule has 0 bridgehead atoms. The van der Waals surface area contributed by atoms with Gasteiger partial charge in [0.15, 0.2) is 11.5 Å². The lowest BCUT2D eigenvalue weighted by molar-refractivity contribution is -0.116. The Morgan fingerprint density at radius 2 is 1.90 bits per heavy atom. The number of carbonyl (C=O) groups excluding carboxylic acids is 1. The van der Waals surface area contributed by atoms with E-state index in [0.29, 0.717) is 24.5 Å². The molecule has 2 aromatic carbocycles. The maximum atomic E-state index is 12.4. The highest BCUT2D eigenvalue weighted by Gasteiger charge is 2.14. The van der Waals surface area contributed by atoms with Crippen LogP contribution in [0.4, 0.5) is 0 Å². The predicted molar refractivity (Wildman–Crippen MR) is 119 cm³/mol. The topological polar surface area (TPSA) is 60.7 Å². The molecule has 1 N–H and O–H groups in total. The lowest BCUT2D eigenvalue weighted by Gasteiger charge is -2.10. The zero-order valence-corrected chi connectivity index (χ0v) is 18.6. The van der Waals surface area contributed by atoms with Crippen LogP contribution < -0.4 is 14.8 Å². The highest BCUT2D eigenvalue weighted by atomic mass is 79.9. The van der Waals surface area contributed by atoms with Crippen molar-refractivity contribution in [2.45, 2.75) is 20.3 Å². The van der Waals surface area contributed by atoms with E-state index < -0.39 is 0 Å². The summed E-state index contributed by atoms with van der Waals surface area (Å²) < 4.78 is 17.4. The summed E-state index contributed by atoms with van der Waals surface area (Å²) in [6, 6.07) is 11.6. The van der Waals surface area contributed by atoms with Gasteiger partial charge in [-0.2, -0.15) is 0 Å². The van der Waals surface area contributed by atoms with Gasteiger partial charge in [-0.05, 0) is 61.7 Å². The van der Waals surface area contributed by atoms with Gasteiger partial charge in [0.1, 0.15) is 11.3 Å². The van der Waals surface area contributed by atoms with Crippen LogP contribution >= 0.6 is 15.9 Å². The average molecular weight is 458 g/mol. The van der Waals surface area contributed by atoms with Gasteiger partial charge in [0.05, 0.1) is 14.2 Å². The van der Waals surface area contributed by atoms with Gasteiger partial charge in [0, 0.05) is 28.0 Å². The third-order valence-electron chi connectivity index (χ3n) is 4.73. The Kier molecular flexibility index (Phi) is 6.64. The maximum Gasteiger partial charge on any atom is 0.244 e. The van der Waals surface area contributed by atoms with Crippen molar-refractivity contribution in [3.63, 3.8) is 0 Å². The molecule has 0 unspecified atom stereocenters. The number of amides is 1. The summed E-state index contributed by atoms with van der Waals surface area (Å²) in [5, 5.41) is 3.93. The normalized spacial score (nSPS) is 11.6. The summed E-state index contributed by atoms with van der Waals surface area (Å²) in [7, 11) is 3.22. The molecule has 0 saturated carbocycles. The molecule has 0 atom stereocenters. The summed E-state index contributed by atoms with van der Waals surface area (Å²) in [6.45, 7) is 4.36. The Morgan fingerprint density at radius 3 is 2.62 bits per heavy atom. The summed E-state index contributed by atoms with van der Waals surface area (Å²) in [6.07, 6.45) is 2.31. The summed E-state index contributed by atoms with van der Waals surface area (Å²) in [5.74, 6) is 2.03. The standard InChI is InChI=1S/C23H24BrNO4/c1-14(23-15(2)29-19-8-6-17(24)13-18(19)23)11-22(26)25-10-9-16-5-7-20(27-3)21(12-16)28-4/h5-8,11-13H,9-10H2,1-4H3,(H,25,26)/b14-11+. The van der Waals surface area contributed by atoms with Crippen molar-refractivity contribution in [2.75, 3.05) is 20.8 Å². The van der Waals surface area contributed by atoms with Crippen LogP contribution in [0.2, 0.25) is 0 Å². The van der Waals surface area contributed by atoms with Crippen LogP contribution in [0.1, 0.15) is 23.8 Å². The van der Waals surface area contributed by atoms with Crippen LogP contribution in [-0.2, 0) is 11.2 Å². The molecular formula is C23H24BrNO4. The molecule has 152 valence electrons. The second-order valence-electron chi connectivity index (χ2n) is 6.73. The highest BCUT2D eigenvalue weighted by Crippen LogP contribution is 2.33. The molecule has 29 heavy (non-hydrogen) atoms. The minimum atomic E-state index is -0.133. The Hall–Kier alpha value is -2.73. The molecule has 0 fully saturated rings. The van der Waals surface area contributed by atoms with Gasteiger partial charge < -0.3 is 19.2 Å². The number of hydrogen-bond donors (Lipinski definition) is 1. The molecule has 5 nitrogen and oxygen atoms in total. The minimum Gasteiger partial charge on any atom is -0.493 e. The number of halogens is 1. The molecular weight excluding hydrogens is 434 g/mol. The van der Waals surface area contributed by atoms with E-state index in [4.69, 9.17) is 13.9 Å². The molecule has 3 aromatic rings. The fourth-order valence-electron chi connectivity index (χ4n) is 3.37. The van der Waals surface area contributed by atoms with E-state index in [9.17, 15) is 4.79 Å². The second kappa shape index (κ2) is 9.18. The van der Waals surface area contributed by atoms with E-state index in [1.165, 1.54) is 0 Å². The van der Waals surface area contributed by atoms with Gasteiger partial charge in [-0.1, -0.05) is 22.0 Å². The highest BCUT2D eigenvalue weighted by molar-refractivity contribution is 9.10. The molecule has 1 heterocycles. The van der Waals surface area contributed by atoms with Crippen LogP contribution in [0, 0.1) is 6.92 Å². The van der Waals surface area contributed by atoms with Gasteiger partial charge in [-0.25, -0.2) is 0 Å². The average Bonchev–Trinajstić information content (AvgIpc) is 3.02. The lowest BCUT2D eigenvalue weighted by Crippen LogP contribution is -2.23. The van der Waals surface area contributed by atoms with Gasteiger partial charge in [-0.3, -0.25) is 4.79 Å². The number of aryl methyl sites for hydroxylation is 1. The first-order valence-corrected chi connectivity index (χ1v) is 10.1. The van der Waals surface area contributed by atoms with Crippen LogP contribution in [0.5, 0.6) is 11.5 Å². The zero-order chi connectivity index (χ0) is 21.0. The van der Waals surface area contributed by atoms with Crippen LogP contribution in [-0.4, -0.2) is 26.7 Å². The third-order valence-corrected chi connectivity index (χ3v) is 5.22. The first-order valence-electron chi connectivity index (χ1n) is 9.29. The lowest BCUT2D eigenvalue weighted by atomic mass is 10.0. The quantitative estimate of drug-likeness (QED) is 0.490. The number of nitrogens with one attached hydrogen (secondary N) is 1. The van der Waals surface area contributed by atoms with Crippen molar-refractivity contribution in [1.82, 2.24) is 5.32 Å². The van der Waals surface area contributed by atoms with Crippen molar-refractivity contribution >= 4 is 38.4 Å². The van der Waals surface area contributed by atoms with Crippen molar-refractivity contribution in [3.8, 4) is 11.5 Å². The van der Waals surface area contributed by atoms with Crippen molar-refractivity contribution < 1.29 is 18.7 Å². The molecule has 0 aliphatic rings. The Morgan fingerprint density at radius 1 is 1.14 bits per heavy atom. The monoisotopic (exact) mass is 457 g/mol. The Labute approximate surface area is 178 Å². The number of methoxy groups -OCH3 is 2. The van der Waals surface area contributed by atoms with Gasteiger partial charge >= 0.3 is 0 Å². The van der Waals surface area contributed by atoms with E-state index in [1.807, 2.05) is 50.2 Å². The van der Waals surface area contributed by atoms with E-state index in [0.717, 1.165) is 37.9 Å². The van der Waals surface area contributed by atoms with Crippen LogP contribution in [0.15, 0.2) is 51.4 Å². The molecule has 6 heteroatoms. The molecule has 3 rings (SSSR count). The van der Waals surface area contributed by atoms with Crippen molar-refractivity contribution in [1.29, 1.82) is 0 Å². The first-order chi connectivity index (χ1) is 13.9. The van der Waals surface area contributed by atoms with Crippen molar-refractivity contribution in [3.05, 3.63) is 63.8 Å². The number of benzene rings is 2. The molecule has 1 aromatic heterocycles. The first kappa shape index (κ1) is 21.0.